The minimum atomic E-state index is -0.186. The number of thiophene rings is 1. The van der Waals surface area contributed by atoms with Gasteiger partial charge in [-0.2, -0.15) is 4.98 Å². The lowest BCUT2D eigenvalue weighted by atomic mass is 10.2. The second-order valence-corrected chi connectivity index (χ2v) is 8.28. The maximum Gasteiger partial charge on any atom is 0.261 e. The molecule has 3 heterocycles. The van der Waals surface area contributed by atoms with E-state index in [4.69, 9.17) is 14.2 Å². The van der Waals surface area contributed by atoms with Crippen LogP contribution in [0.2, 0.25) is 0 Å². The van der Waals surface area contributed by atoms with Crippen LogP contribution in [-0.2, 0) is 24.5 Å². The lowest BCUT2D eigenvalue weighted by Crippen LogP contribution is -2.22. The molecule has 1 amide bonds. The summed E-state index contributed by atoms with van der Waals surface area (Å²) in [5.74, 6) is 1.27. The minimum Gasteiger partial charge on any atom is -0.480 e. The van der Waals surface area contributed by atoms with Crippen LogP contribution >= 0.6 is 11.3 Å². The summed E-state index contributed by atoms with van der Waals surface area (Å²) in [5.41, 5.74) is 2.74. The minimum absolute atomic E-state index is 0.186. The van der Waals surface area contributed by atoms with E-state index in [9.17, 15) is 4.79 Å². The molecule has 0 saturated heterocycles. The lowest BCUT2D eigenvalue weighted by molar-refractivity contribution is 0.0954. The van der Waals surface area contributed by atoms with E-state index in [1.54, 1.807) is 20.4 Å². The molecule has 0 atom stereocenters. The van der Waals surface area contributed by atoms with Gasteiger partial charge in [-0.1, -0.05) is 30.3 Å². The number of rotatable bonds is 9. The van der Waals surface area contributed by atoms with Crippen LogP contribution in [0.15, 0.2) is 48.7 Å². The molecular formula is C24H24N4O4S. The van der Waals surface area contributed by atoms with E-state index in [1.165, 1.54) is 11.3 Å². The number of pyridine rings is 1. The van der Waals surface area contributed by atoms with Crippen molar-refractivity contribution in [3.05, 3.63) is 76.1 Å². The SMILES string of the molecule is COCc1nc(OC)c2c(C)c(C(=O)NCc3ccnc(OCc4ccccc4)c3)sc2n1. The zero-order valence-corrected chi connectivity index (χ0v) is 19.4. The van der Waals surface area contributed by atoms with Gasteiger partial charge in [-0.05, 0) is 29.7 Å². The first-order valence-electron chi connectivity index (χ1n) is 10.3. The molecule has 4 rings (SSSR count). The Morgan fingerprint density at radius 1 is 1.06 bits per heavy atom. The zero-order chi connectivity index (χ0) is 23.2. The van der Waals surface area contributed by atoms with Crippen LogP contribution in [0.4, 0.5) is 0 Å². The number of amides is 1. The molecular weight excluding hydrogens is 440 g/mol. The Hall–Kier alpha value is -3.56. The van der Waals surface area contributed by atoms with Crippen molar-refractivity contribution in [3.63, 3.8) is 0 Å². The van der Waals surface area contributed by atoms with E-state index in [-0.39, 0.29) is 12.5 Å². The van der Waals surface area contributed by atoms with Crippen LogP contribution in [0.25, 0.3) is 10.2 Å². The van der Waals surface area contributed by atoms with E-state index in [1.807, 2.05) is 49.4 Å². The average molecular weight is 465 g/mol. The van der Waals surface area contributed by atoms with E-state index in [0.29, 0.717) is 40.4 Å². The highest BCUT2D eigenvalue weighted by Gasteiger charge is 2.21. The van der Waals surface area contributed by atoms with Gasteiger partial charge in [-0.3, -0.25) is 4.79 Å². The number of carbonyl (C=O) groups excluding carboxylic acids is 1. The third-order valence-corrected chi connectivity index (χ3v) is 6.14. The number of fused-ring (bicyclic) bond motifs is 1. The first kappa shape index (κ1) is 22.6. The van der Waals surface area contributed by atoms with Gasteiger partial charge in [0.2, 0.25) is 11.8 Å². The lowest BCUT2D eigenvalue weighted by Gasteiger charge is -2.08. The van der Waals surface area contributed by atoms with Crippen LogP contribution in [0, 0.1) is 6.92 Å². The molecule has 170 valence electrons. The van der Waals surface area contributed by atoms with Gasteiger partial charge in [-0.25, -0.2) is 9.97 Å². The van der Waals surface area contributed by atoms with E-state index in [2.05, 4.69) is 20.3 Å². The maximum atomic E-state index is 13.0. The average Bonchev–Trinajstić information content (AvgIpc) is 3.18. The highest BCUT2D eigenvalue weighted by atomic mass is 32.1. The van der Waals surface area contributed by atoms with Gasteiger partial charge in [0.05, 0.1) is 17.4 Å². The Bertz CT molecular complexity index is 1260. The number of methoxy groups -OCH3 is 2. The van der Waals surface area contributed by atoms with Gasteiger partial charge in [0, 0.05) is 25.9 Å². The third-order valence-electron chi connectivity index (χ3n) is 4.96. The van der Waals surface area contributed by atoms with Gasteiger partial charge >= 0.3 is 0 Å². The van der Waals surface area contributed by atoms with Crippen molar-refractivity contribution in [1.29, 1.82) is 0 Å². The van der Waals surface area contributed by atoms with Gasteiger partial charge in [0.15, 0.2) is 5.82 Å². The molecule has 0 bridgehead atoms. The summed E-state index contributed by atoms with van der Waals surface area (Å²) in [5, 5.41) is 3.71. The number of hydrogen-bond acceptors (Lipinski definition) is 8. The standard InChI is InChI=1S/C24H24N4O4S/c1-15-20-23(31-3)27-18(14-30-2)28-24(20)33-21(15)22(29)26-12-17-9-10-25-19(11-17)32-13-16-7-5-4-6-8-16/h4-11H,12-14H2,1-3H3,(H,26,29). The van der Waals surface area contributed by atoms with Crippen molar-refractivity contribution in [3.8, 4) is 11.8 Å². The molecule has 3 aromatic heterocycles. The first-order valence-corrected chi connectivity index (χ1v) is 11.1. The van der Waals surface area contributed by atoms with Crippen molar-refractivity contribution in [2.24, 2.45) is 0 Å². The maximum absolute atomic E-state index is 13.0. The fraction of sp³-hybridized carbons (Fsp3) is 0.250. The van der Waals surface area contributed by atoms with Crippen LogP contribution in [0.1, 0.15) is 32.2 Å². The molecule has 9 heteroatoms. The third kappa shape index (κ3) is 5.27. The van der Waals surface area contributed by atoms with Crippen LogP contribution in [0.3, 0.4) is 0 Å². The molecule has 1 N–H and O–H groups in total. The van der Waals surface area contributed by atoms with Crippen molar-refractivity contribution >= 4 is 27.5 Å². The predicted octanol–water partition coefficient (Wildman–Crippen LogP) is 4.06. The van der Waals surface area contributed by atoms with Gasteiger partial charge in [0.1, 0.15) is 18.0 Å². The smallest absolute Gasteiger partial charge is 0.261 e. The fourth-order valence-corrected chi connectivity index (χ4v) is 4.44. The molecule has 0 aliphatic rings. The summed E-state index contributed by atoms with van der Waals surface area (Å²) in [4.78, 5) is 27.4. The summed E-state index contributed by atoms with van der Waals surface area (Å²) in [6.45, 7) is 2.91. The molecule has 0 radical (unpaired) electrons. The largest absolute Gasteiger partial charge is 0.480 e. The molecule has 0 saturated carbocycles. The summed E-state index contributed by atoms with van der Waals surface area (Å²) >= 11 is 1.31. The molecule has 0 aliphatic heterocycles. The molecule has 1 aromatic carbocycles. The summed E-state index contributed by atoms with van der Waals surface area (Å²) in [7, 11) is 3.13. The number of nitrogens with zero attached hydrogens (tertiary/aromatic N) is 3. The van der Waals surface area contributed by atoms with Crippen LogP contribution in [-0.4, -0.2) is 35.1 Å². The highest BCUT2D eigenvalue weighted by molar-refractivity contribution is 7.20. The van der Waals surface area contributed by atoms with Gasteiger partial charge in [-0.15, -0.1) is 11.3 Å². The highest BCUT2D eigenvalue weighted by Crippen LogP contribution is 2.35. The fourth-order valence-electron chi connectivity index (χ4n) is 3.34. The van der Waals surface area contributed by atoms with Crippen LogP contribution in [0.5, 0.6) is 11.8 Å². The van der Waals surface area contributed by atoms with E-state index in [0.717, 1.165) is 22.1 Å². The molecule has 4 aromatic rings. The number of benzene rings is 1. The predicted molar refractivity (Wildman–Crippen MR) is 126 cm³/mol. The van der Waals surface area contributed by atoms with Crippen molar-refractivity contribution < 1.29 is 19.0 Å². The zero-order valence-electron chi connectivity index (χ0n) is 18.6. The monoisotopic (exact) mass is 464 g/mol. The number of nitrogens with one attached hydrogen (secondary N) is 1. The quantitative estimate of drug-likeness (QED) is 0.399. The second-order valence-electron chi connectivity index (χ2n) is 7.28. The Kier molecular flexibility index (Phi) is 7.11. The molecule has 0 aliphatic carbocycles. The number of ether oxygens (including phenoxy) is 3. The normalized spacial score (nSPS) is 10.9. The van der Waals surface area contributed by atoms with Crippen LogP contribution < -0.4 is 14.8 Å². The summed E-state index contributed by atoms with van der Waals surface area (Å²) in [6, 6.07) is 13.6. The number of aryl methyl sites for hydroxylation is 1. The van der Waals surface area contributed by atoms with E-state index < -0.39 is 0 Å². The van der Waals surface area contributed by atoms with Crippen molar-refractivity contribution in [2.75, 3.05) is 14.2 Å². The Morgan fingerprint density at radius 3 is 2.64 bits per heavy atom. The molecule has 33 heavy (non-hydrogen) atoms. The molecule has 0 spiro atoms. The topological polar surface area (TPSA) is 95.5 Å². The van der Waals surface area contributed by atoms with Gasteiger partial charge < -0.3 is 19.5 Å². The van der Waals surface area contributed by atoms with E-state index >= 15 is 0 Å². The Labute approximate surface area is 195 Å². The first-order chi connectivity index (χ1) is 16.1. The van der Waals surface area contributed by atoms with Crippen molar-refractivity contribution in [2.45, 2.75) is 26.7 Å². The molecule has 0 fully saturated rings. The van der Waals surface area contributed by atoms with Gasteiger partial charge in [0.25, 0.3) is 5.91 Å². The molecule has 8 nitrogen and oxygen atoms in total. The number of hydrogen-bond donors (Lipinski definition) is 1. The summed E-state index contributed by atoms with van der Waals surface area (Å²) in [6.07, 6.45) is 1.67. The number of aromatic nitrogens is 3. The molecule has 0 unspecified atom stereocenters. The summed E-state index contributed by atoms with van der Waals surface area (Å²) < 4.78 is 16.3. The second kappa shape index (κ2) is 10.4. The van der Waals surface area contributed by atoms with Crippen molar-refractivity contribution in [1.82, 2.24) is 20.3 Å². The Balaban J connectivity index is 1.46. The number of carbonyl (C=O) groups is 1. The Morgan fingerprint density at radius 2 is 1.88 bits per heavy atom.